The first kappa shape index (κ1) is 32.3. The highest BCUT2D eigenvalue weighted by Crippen LogP contribution is 2.45. The highest BCUT2D eigenvalue weighted by atomic mass is 32.1. The summed E-state index contributed by atoms with van der Waals surface area (Å²) >= 11 is 1.19. The summed E-state index contributed by atoms with van der Waals surface area (Å²) in [6, 6.07) is 8.57. The van der Waals surface area contributed by atoms with Crippen LogP contribution >= 0.6 is 11.3 Å². The first-order valence-electron chi connectivity index (χ1n) is 15.6. The van der Waals surface area contributed by atoms with Crippen LogP contribution in [0.3, 0.4) is 0 Å². The van der Waals surface area contributed by atoms with Gasteiger partial charge in [0.2, 0.25) is 5.91 Å². The molecule has 1 aliphatic heterocycles. The molecule has 1 N–H and O–H groups in total. The van der Waals surface area contributed by atoms with Crippen molar-refractivity contribution in [3.05, 3.63) is 59.5 Å². The lowest BCUT2D eigenvalue weighted by Crippen LogP contribution is -2.42. The van der Waals surface area contributed by atoms with Gasteiger partial charge in [0.1, 0.15) is 23.6 Å². The van der Waals surface area contributed by atoms with E-state index in [1.54, 1.807) is 29.3 Å². The summed E-state index contributed by atoms with van der Waals surface area (Å²) in [7, 11) is 0. The number of halogens is 2. The average Bonchev–Trinajstić information content (AvgIpc) is 3.36. The van der Waals surface area contributed by atoms with E-state index in [0.29, 0.717) is 53.1 Å². The Morgan fingerprint density at radius 2 is 2.00 bits per heavy atom. The number of piperidine rings is 1. The van der Waals surface area contributed by atoms with Crippen molar-refractivity contribution in [1.82, 2.24) is 29.3 Å². The van der Waals surface area contributed by atoms with Gasteiger partial charge in [-0.05, 0) is 62.3 Å². The van der Waals surface area contributed by atoms with E-state index in [4.69, 9.17) is 9.47 Å². The van der Waals surface area contributed by atoms with Gasteiger partial charge in [-0.25, -0.2) is 9.50 Å². The number of amides is 2. The number of nitriles is 1. The Morgan fingerprint density at radius 3 is 2.71 bits per heavy atom. The lowest BCUT2D eigenvalue weighted by molar-refractivity contribution is -0.134. The lowest BCUT2D eigenvalue weighted by atomic mass is 10.1. The van der Waals surface area contributed by atoms with Crippen LogP contribution in [0.1, 0.15) is 52.6 Å². The Kier molecular flexibility index (Phi) is 8.55. The number of hydrogen-bond acceptors (Lipinski definition) is 10. The predicted molar refractivity (Wildman–Crippen MR) is 173 cm³/mol. The molecule has 0 spiro atoms. The third-order valence-corrected chi connectivity index (χ3v) is 9.95. The SMILES string of the molecule is CC(=O)c1cc2cc(OC(F)F)c(-c3nn(CC(=O)N4CCC(OCC5(C#N)CC5)CC4)cc3NC(=O)c3cnn4cccnc34)cc2s1. The van der Waals surface area contributed by atoms with Crippen molar-refractivity contribution in [3.8, 4) is 23.1 Å². The molecular formula is C33H30F2N8O5S. The Balaban J connectivity index is 1.18. The summed E-state index contributed by atoms with van der Waals surface area (Å²) in [6.45, 7) is -0.620. The zero-order valence-corrected chi connectivity index (χ0v) is 27.1. The Bertz CT molecular complexity index is 2120. The van der Waals surface area contributed by atoms with Gasteiger partial charge >= 0.3 is 6.61 Å². The highest BCUT2D eigenvalue weighted by Gasteiger charge is 2.44. The Labute approximate surface area is 282 Å². The smallest absolute Gasteiger partial charge is 0.387 e. The van der Waals surface area contributed by atoms with Gasteiger partial charge in [0.25, 0.3) is 5.91 Å². The van der Waals surface area contributed by atoms with Gasteiger partial charge in [-0.2, -0.15) is 24.2 Å². The van der Waals surface area contributed by atoms with E-state index in [-0.39, 0.29) is 58.0 Å². The first-order valence-corrected chi connectivity index (χ1v) is 16.4. The second-order valence-corrected chi connectivity index (χ2v) is 13.3. The van der Waals surface area contributed by atoms with Crippen LogP contribution in [0.2, 0.25) is 0 Å². The lowest BCUT2D eigenvalue weighted by Gasteiger charge is -2.32. The molecule has 16 heteroatoms. The summed E-state index contributed by atoms with van der Waals surface area (Å²) in [5, 5.41) is 21.4. The van der Waals surface area contributed by atoms with Gasteiger partial charge in [0.15, 0.2) is 11.4 Å². The number of hydrogen-bond donors (Lipinski definition) is 1. The standard InChI is InChI=1S/C33H30F2N8O5S/c1-19(44)26-12-20-11-25(48-32(34)35)22(13-27(20)49-26)29-24(39-31(46)23-14-38-43-8-2-7-37-30(23)43)15-42(40-29)16-28(45)41-9-3-21(4-10-41)47-18-33(17-36)5-6-33/h2,7-8,11-15,21,32H,3-6,9-10,16,18H2,1H3,(H,39,46). The van der Waals surface area contributed by atoms with E-state index < -0.39 is 12.5 Å². The van der Waals surface area contributed by atoms with E-state index >= 15 is 0 Å². The van der Waals surface area contributed by atoms with Crippen molar-refractivity contribution in [2.24, 2.45) is 5.41 Å². The number of ether oxygens (including phenoxy) is 2. The van der Waals surface area contributed by atoms with E-state index in [2.05, 4.69) is 26.6 Å². The third-order valence-electron chi connectivity index (χ3n) is 8.75. The molecule has 0 atom stereocenters. The highest BCUT2D eigenvalue weighted by molar-refractivity contribution is 7.20. The fourth-order valence-corrected chi connectivity index (χ4v) is 6.79. The number of fused-ring (bicyclic) bond motifs is 2. The summed E-state index contributed by atoms with van der Waals surface area (Å²) in [4.78, 5) is 45.4. The number of nitrogens with zero attached hydrogens (tertiary/aromatic N) is 7. The molecule has 2 fully saturated rings. The number of alkyl halides is 2. The number of rotatable bonds is 11. The van der Waals surface area contributed by atoms with Crippen molar-refractivity contribution in [3.63, 3.8) is 0 Å². The third kappa shape index (κ3) is 6.72. The maximum Gasteiger partial charge on any atom is 0.387 e. The maximum absolute atomic E-state index is 13.7. The minimum Gasteiger partial charge on any atom is -0.434 e. The van der Waals surface area contributed by atoms with Crippen molar-refractivity contribution in [1.29, 1.82) is 5.26 Å². The zero-order valence-electron chi connectivity index (χ0n) is 26.3. The second kappa shape index (κ2) is 13.0. The minimum absolute atomic E-state index is 0.0358. The van der Waals surface area contributed by atoms with Crippen LogP contribution in [0.4, 0.5) is 14.5 Å². The number of thiophene rings is 1. The van der Waals surface area contributed by atoms with Crippen LogP contribution in [0.15, 0.2) is 49.1 Å². The van der Waals surface area contributed by atoms with E-state index in [1.165, 1.54) is 52.1 Å². The van der Waals surface area contributed by atoms with Crippen LogP contribution < -0.4 is 10.1 Å². The van der Waals surface area contributed by atoms with Gasteiger partial charge in [0.05, 0.1) is 41.0 Å². The van der Waals surface area contributed by atoms with Crippen LogP contribution in [0.5, 0.6) is 5.75 Å². The van der Waals surface area contributed by atoms with Gasteiger partial charge < -0.3 is 19.7 Å². The van der Waals surface area contributed by atoms with Gasteiger partial charge in [-0.15, -0.1) is 11.3 Å². The fraction of sp³-hybridized carbons (Fsp3) is 0.364. The number of ketones is 1. The van der Waals surface area contributed by atoms with Gasteiger partial charge in [0, 0.05) is 41.9 Å². The molecule has 1 aromatic carbocycles. The van der Waals surface area contributed by atoms with Gasteiger partial charge in [-0.1, -0.05) is 0 Å². The van der Waals surface area contributed by atoms with E-state index in [1.807, 2.05) is 0 Å². The Morgan fingerprint density at radius 1 is 1.20 bits per heavy atom. The molecule has 0 bridgehead atoms. The maximum atomic E-state index is 13.7. The first-order chi connectivity index (χ1) is 23.6. The second-order valence-electron chi connectivity index (χ2n) is 12.2. The van der Waals surface area contributed by atoms with Crippen LogP contribution in [0, 0.1) is 16.7 Å². The average molecular weight is 689 g/mol. The molecule has 7 rings (SSSR count). The monoisotopic (exact) mass is 688 g/mol. The molecule has 13 nitrogen and oxygen atoms in total. The zero-order chi connectivity index (χ0) is 34.3. The van der Waals surface area contributed by atoms with E-state index in [9.17, 15) is 28.4 Å². The number of carbonyl (C=O) groups is 3. The number of nitrogens with one attached hydrogen (secondary N) is 1. The molecule has 5 heterocycles. The van der Waals surface area contributed by atoms with Crippen molar-refractivity contribution >= 4 is 50.4 Å². The normalized spacial score (nSPS) is 15.9. The number of aromatic nitrogens is 5. The van der Waals surface area contributed by atoms with Crippen LogP contribution in [-0.2, 0) is 16.1 Å². The summed E-state index contributed by atoms with van der Waals surface area (Å²) in [6.07, 6.45) is 8.90. The van der Waals surface area contributed by atoms with Crippen LogP contribution in [-0.4, -0.2) is 79.3 Å². The number of Topliss-reactive ketones (excluding diaryl/α,β-unsaturated/α-hetero) is 1. The molecule has 4 aromatic heterocycles. The number of benzene rings is 1. The molecule has 252 valence electrons. The van der Waals surface area contributed by atoms with Gasteiger partial charge in [-0.3, -0.25) is 19.1 Å². The van der Waals surface area contributed by atoms with Crippen molar-refractivity contribution in [2.45, 2.75) is 51.9 Å². The van der Waals surface area contributed by atoms with Crippen molar-refractivity contribution < 1.29 is 32.6 Å². The largest absolute Gasteiger partial charge is 0.434 e. The predicted octanol–water partition coefficient (Wildman–Crippen LogP) is 5.18. The number of anilines is 1. The molecule has 0 radical (unpaired) electrons. The van der Waals surface area contributed by atoms with Crippen LogP contribution in [0.25, 0.3) is 27.0 Å². The molecule has 5 aromatic rings. The molecule has 2 aliphatic rings. The molecule has 49 heavy (non-hydrogen) atoms. The summed E-state index contributed by atoms with van der Waals surface area (Å²) in [5.74, 6) is -1.20. The number of likely N-dealkylation sites (tertiary alicyclic amines) is 1. The molecule has 1 saturated carbocycles. The minimum atomic E-state index is -3.17. The molecule has 0 unspecified atom stereocenters. The van der Waals surface area contributed by atoms with E-state index in [0.717, 1.165) is 12.8 Å². The number of carbonyl (C=O) groups excluding carboxylic acids is 3. The quantitative estimate of drug-likeness (QED) is 0.185. The summed E-state index contributed by atoms with van der Waals surface area (Å²) < 4.78 is 41.6. The van der Waals surface area contributed by atoms with Crippen molar-refractivity contribution in [2.75, 3.05) is 25.0 Å². The molecule has 1 aliphatic carbocycles. The molecule has 2 amide bonds. The topological polar surface area (TPSA) is 157 Å². The molecule has 1 saturated heterocycles. The molecular weight excluding hydrogens is 658 g/mol. The Hall–Kier alpha value is -5.27. The summed E-state index contributed by atoms with van der Waals surface area (Å²) in [5.41, 5.74) is 0.451. The fourth-order valence-electron chi connectivity index (χ4n) is 5.81.